The molecule has 0 heterocycles. The van der Waals surface area contributed by atoms with Gasteiger partial charge in [0.1, 0.15) is 44.0 Å². The molecule has 0 aromatic heterocycles. The van der Waals surface area contributed by atoms with Crippen molar-refractivity contribution in [1.82, 2.24) is 16.0 Å². The zero-order chi connectivity index (χ0) is 56.7. The van der Waals surface area contributed by atoms with Crippen LogP contribution >= 0.6 is 0 Å². The summed E-state index contributed by atoms with van der Waals surface area (Å²) >= 11 is 0. The maximum Gasteiger partial charge on any atom is 0.408 e. The minimum Gasteiger partial charge on any atom is -0.480 e. The fourth-order valence-corrected chi connectivity index (χ4v) is 6.24. The Hall–Kier alpha value is -6.69. The molecule has 0 saturated heterocycles. The van der Waals surface area contributed by atoms with Crippen LogP contribution in [0, 0.1) is 21.7 Å². The number of hydrogen-bond donors (Lipinski definition) is 8. The van der Waals surface area contributed by atoms with E-state index in [1.165, 1.54) is 0 Å². The molecular formula is C56H86N4O14. The molecule has 414 valence electrons. The molecule has 0 spiro atoms. The number of alkyl carbamates (subject to hydrolysis) is 3. The Labute approximate surface area is 438 Å². The van der Waals surface area contributed by atoms with Crippen LogP contribution in [0.3, 0.4) is 0 Å². The summed E-state index contributed by atoms with van der Waals surface area (Å²) in [6.45, 7) is 24.3. The van der Waals surface area contributed by atoms with E-state index >= 15 is 0 Å². The SMILES string of the molecule is CCC(C)(C)CC(NC(=O)OCc1ccccc1)C(=O)O.CCC(C)(C)C[C@@H](NC(=O)OCc1ccccc1)C(=O)O.CCC(C)(C)C[C@H](N)C(=O)O.CCC(C)(C)C[C@H](NC(=O)OCc1ccccc1)C(=O)O. The van der Waals surface area contributed by atoms with Crippen LogP contribution in [0.2, 0.25) is 0 Å². The summed E-state index contributed by atoms with van der Waals surface area (Å²) in [5.74, 6) is -4.05. The summed E-state index contributed by atoms with van der Waals surface area (Å²) in [7, 11) is 0. The van der Waals surface area contributed by atoms with Gasteiger partial charge in [0.25, 0.3) is 0 Å². The molecule has 0 aliphatic rings. The van der Waals surface area contributed by atoms with Gasteiger partial charge in [-0.2, -0.15) is 0 Å². The quantitative estimate of drug-likeness (QED) is 0.0366. The molecule has 0 aliphatic carbocycles. The predicted molar refractivity (Wildman–Crippen MR) is 284 cm³/mol. The van der Waals surface area contributed by atoms with E-state index in [4.69, 9.17) is 25.1 Å². The first-order valence-corrected chi connectivity index (χ1v) is 25.0. The number of carboxylic acid groups (broad SMARTS) is 4. The molecule has 3 rings (SSSR count). The minimum atomic E-state index is -1.05. The van der Waals surface area contributed by atoms with Crippen LogP contribution in [0.15, 0.2) is 91.0 Å². The van der Waals surface area contributed by atoms with Gasteiger partial charge in [-0.05, 0) is 64.0 Å². The van der Waals surface area contributed by atoms with Crippen LogP contribution in [0.4, 0.5) is 14.4 Å². The van der Waals surface area contributed by atoms with E-state index in [9.17, 15) is 48.9 Å². The van der Waals surface area contributed by atoms with E-state index in [1.54, 1.807) is 0 Å². The summed E-state index contributed by atoms with van der Waals surface area (Å²) in [5, 5.41) is 43.4. The molecule has 18 heteroatoms. The average molecular weight is 1040 g/mol. The molecule has 0 bridgehead atoms. The highest BCUT2D eigenvalue weighted by Gasteiger charge is 2.31. The topological polar surface area (TPSA) is 290 Å². The van der Waals surface area contributed by atoms with E-state index in [0.717, 1.165) is 42.4 Å². The van der Waals surface area contributed by atoms with Crippen LogP contribution in [-0.4, -0.2) is 86.8 Å². The molecule has 9 N–H and O–H groups in total. The maximum absolute atomic E-state index is 11.7. The molecule has 0 radical (unpaired) electrons. The molecular weight excluding hydrogens is 953 g/mol. The predicted octanol–water partition coefficient (Wildman–Crippen LogP) is 10.8. The molecule has 3 aromatic rings. The highest BCUT2D eigenvalue weighted by molar-refractivity contribution is 5.81. The summed E-state index contributed by atoms with van der Waals surface area (Å²) in [5.41, 5.74) is 7.51. The Bertz CT molecular complexity index is 1920. The molecule has 4 atom stereocenters. The summed E-state index contributed by atoms with van der Waals surface area (Å²) in [4.78, 5) is 79.2. The van der Waals surface area contributed by atoms with Crippen LogP contribution in [0.25, 0.3) is 0 Å². The number of carboxylic acids is 4. The molecule has 18 nitrogen and oxygen atoms in total. The summed E-state index contributed by atoms with van der Waals surface area (Å²) in [6.07, 6.45) is 2.94. The lowest BCUT2D eigenvalue weighted by molar-refractivity contribution is -0.141. The van der Waals surface area contributed by atoms with Gasteiger partial charge in [0.2, 0.25) is 0 Å². The van der Waals surface area contributed by atoms with Gasteiger partial charge in [0.15, 0.2) is 0 Å². The number of benzene rings is 3. The van der Waals surface area contributed by atoms with E-state index in [2.05, 4.69) is 16.0 Å². The normalized spacial score (nSPS) is 12.8. The number of rotatable bonds is 25. The van der Waals surface area contributed by atoms with Crippen LogP contribution in [0.5, 0.6) is 0 Å². The number of aliphatic carboxylic acids is 4. The van der Waals surface area contributed by atoms with Crippen molar-refractivity contribution in [3.05, 3.63) is 108 Å². The smallest absolute Gasteiger partial charge is 0.408 e. The van der Waals surface area contributed by atoms with Crippen molar-refractivity contribution < 1.29 is 68.2 Å². The molecule has 0 saturated carbocycles. The Morgan fingerprint density at radius 3 is 0.811 bits per heavy atom. The van der Waals surface area contributed by atoms with Gasteiger partial charge in [-0.1, -0.05) is 200 Å². The number of carbonyl (C=O) groups is 7. The van der Waals surface area contributed by atoms with Crippen molar-refractivity contribution in [2.75, 3.05) is 0 Å². The first-order valence-electron chi connectivity index (χ1n) is 25.0. The third-order valence-electron chi connectivity index (χ3n) is 12.6. The van der Waals surface area contributed by atoms with Gasteiger partial charge in [0, 0.05) is 0 Å². The maximum atomic E-state index is 11.7. The highest BCUT2D eigenvalue weighted by atomic mass is 16.6. The molecule has 74 heavy (non-hydrogen) atoms. The van der Waals surface area contributed by atoms with Gasteiger partial charge in [-0.25, -0.2) is 28.8 Å². The average Bonchev–Trinajstić information content (AvgIpc) is 3.35. The second-order valence-corrected chi connectivity index (χ2v) is 21.1. The lowest BCUT2D eigenvalue weighted by atomic mass is 9.83. The highest BCUT2D eigenvalue weighted by Crippen LogP contribution is 2.29. The fourth-order valence-electron chi connectivity index (χ4n) is 6.24. The largest absolute Gasteiger partial charge is 0.480 e. The van der Waals surface area contributed by atoms with Crippen molar-refractivity contribution in [3.8, 4) is 0 Å². The first kappa shape index (κ1) is 67.3. The Morgan fingerprint density at radius 2 is 0.622 bits per heavy atom. The second kappa shape index (κ2) is 33.9. The lowest BCUT2D eigenvalue weighted by Crippen LogP contribution is -2.43. The molecule has 0 fully saturated rings. The number of ether oxygens (including phenoxy) is 3. The number of hydrogen-bond acceptors (Lipinski definition) is 11. The molecule has 1 unspecified atom stereocenters. The van der Waals surface area contributed by atoms with E-state index in [0.29, 0.717) is 25.7 Å². The van der Waals surface area contributed by atoms with Crippen LogP contribution < -0.4 is 21.7 Å². The third-order valence-corrected chi connectivity index (χ3v) is 12.6. The Morgan fingerprint density at radius 1 is 0.405 bits per heavy atom. The number of nitrogens with two attached hydrogens (primary N) is 1. The summed E-state index contributed by atoms with van der Waals surface area (Å²) in [6, 6.07) is 24.2. The van der Waals surface area contributed by atoms with Crippen molar-refractivity contribution >= 4 is 42.2 Å². The van der Waals surface area contributed by atoms with Crippen LogP contribution in [-0.2, 0) is 53.2 Å². The van der Waals surface area contributed by atoms with E-state index in [-0.39, 0.29) is 41.5 Å². The van der Waals surface area contributed by atoms with Gasteiger partial charge < -0.3 is 56.3 Å². The number of carbonyl (C=O) groups excluding carboxylic acids is 3. The fraction of sp³-hybridized carbons (Fsp3) is 0.554. The van der Waals surface area contributed by atoms with E-state index in [1.807, 2.05) is 174 Å². The summed E-state index contributed by atoms with van der Waals surface area (Å²) < 4.78 is 15.1. The van der Waals surface area contributed by atoms with Crippen molar-refractivity contribution in [3.63, 3.8) is 0 Å². The third kappa shape index (κ3) is 31.7. The van der Waals surface area contributed by atoms with E-state index < -0.39 is 66.3 Å². The zero-order valence-corrected chi connectivity index (χ0v) is 45.7. The first-order chi connectivity index (χ1) is 34.4. The zero-order valence-electron chi connectivity index (χ0n) is 45.7. The van der Waals surface area contributed by atoms with Crippen LogP contribution in [0.1, 0.15) is 151 Å². The van der Waals surface area contributed by atoms with Gasteiger partial charge in [-0.15, -0.1) is 0 Å². The number of amides is 3. The number of nitrogens with one attached hydrogen (secondary N) is 3. The Kier molecular flexibility index (Phi) is 30.9. The van der Waals surface area contributed by atoms with Gasteiger partial charge in [-0.3, -0.25) is 4.79 Å². The Balaban J connectivity index is 0.000000984. The standard InChI is InChI=1S/3C16H23NO4.C8H17NO2/c3*1-4-16(2,3)10-13(14(18)19)17-15(20)21-11-12-8-6-5-7-9-12;1-4-8(2,3)5-6(9)7(10)11/h3*5-9,13H,4,10-11H2,1-3H3,(H,17,20)(H,18,19);6H,4-5,9H2,1-3H3,(H,10,11)/t2*13-;;6-/m10.0/s1. The van der Waals surface area contributed by atoms with Crippen molar-refractivity contribution in [2.45, 2.75) is 178 Å². The van der Waals surface area contributed by atoms with Crippen molar-refractivity contribution in [1.29, 1.82) is 0 Å². The van der Waals surface area contributed by atoms with Crippen molar-refractivity contribution in [2.24, 2.45) is 27.4 Å². The van der Waals surface area contributed by atoms with Gasteiger partial charge in [0.05, 0.1) is 0 Å². The molecule has 3 aromatic carbocycles. The molecule has 0 aliphatic heterocycles. The van der Waals surface area contributed by atoms with Gasteiger partial charge >= 0.3 is 42.2 Å². The monoisotopic (exact) mass is 1040 g/mol. The second-order valence-electron chi connectivity index (χ2n) is 21.1. The lowest BCUT2D eigenvalue weighted by Gasteiger charge is -2.26. The minimum absolute atomic E-state index is 0.0395. The molecule has 3 amide bonds.